The molecule has 0 aromatic heterocycles. The summed E-state index contributed by atoms with van der Waals surface area (Å²) in [5, 5.41) is 3.07. The van der Waals surface area contributed by atoms with Crippen LogP contribution in [0.4, 0.5) is 0 Å². The van der Waals surface area contributed by atoms with Gasteiger partial charge in [0.1, 0.15) is 18.1 Å². The quantitative estimate of drug-likeness (QED) is 0.422. The van der Waals surface area contributed by atoms with Gasteiger partial charge in [-0.05, 0) is 19.1 Å². The van der Waals surface area contributed by atoms with Crippen molar-refractivity contribution >= 4 is 6.29 Å². The molecule has 0 bridgehead atoms. The normalized spacial score (nSPS) is 26.9. The minimum absolute atomic E-state index is 0.0645. The van der Waals surface area contributed by atoms with E-state index in [9.17, 15) is 4.79 Å². The van der Waals surface area contributed by atoms with Crippen molar-refractivity contribution in [1.29, 1.82) is 0 Å². The highest BCUT2D eigenvalue weighted by Crippen LogP contribution is 2.13. The molecule has 1 aliphatic heterocycles. The zero-order valence-corrected chi connectivity index (χ0v) is 8.98. The molecule has 15 heavy (non-hydrogen) atoms. The van der Waals surface area contributed by atoms with E-state index in [4.69, 9.17) is 4.74 Å². The van der Waals surface area contributed by atoms with Crippen molar-refractivity contribution in [2.75, 3.05) is 6.54 Å². The maximum absolute atomic E-state index is 10.5. The first kappa shape index (κ1) is 11.7. The van der Waals surface area contributed by atoms with Gasteiger partial charge in [-0.15, -0.1) is 0 Å². The van der Waals surface area contributed by atoms with Crippen molar-refractivity contribution in [2.24, 2.45) is 0 Å². The van der Waals surface area contributed by atoms with E-state index in [1.165, 1.54) is 0 Å². The van der Waals surface area contributed by atoms with Crippen molar-refractivity contribution in [3.63, 3.8) is 0 Å². The average molecular weight is 207 g/mol. The molecule has 1 heterocycles. The first-order valence-corrected chi connectivity index (χ1v) is 5.11. The molecule has 1 aliphatic rings. The van der Waals surface area contributed by atoms with Gasteiger partial charge in [-0.25, -0.2) is 0 Å². The second-order valence-corrected chi connectivity index (χ2v) is 3.43. The fraction of sp³-hybridized carbons (Fsp3) is 0.417. The van der Waals surface area contributed by atoms with Crippen LogP contribution in [-0.2, 0) is 9.53 Å². The summed E-state index contributed by atoms with van der Waals surface area (Å²) in [6.45, 7) is 6.33. The first-order chi connectivity index (χ1) is 7.30. The molecule has 1 fully saturated rings. The zero-order chi connectivity index (χ0) is 11.1. The largest absolute Gasteiger partial charge is 0.489 e. The van der Waals surface area contributed by atoms with Crippen LogP contribution in [0.25, 0.3) is 0 Å². The minimum Gasteiger partial charge on any atom is -0.489 e. The molecule has 3 heteroatoms. The lowest BCUT2D eigenvalue weighted by Gasteiger charge is -2.12. The van der Waals surface area contributed by atoms with Crippen LogP contribution >= 0.6 is 0 Å². The molecule has 0 unspecified atom stereocenters. The monoisotopic (exact) mass is 207 g/mol. The number of aldehydes is 1. The summed E-state index contributed by atoms with van der Waals surface area (Å²) in [5.41, 5.74) is 0. The number of nitrogens with one attached hydrogen (secondary N) is 1. The molecular weight excluding hydrogens is 190 g/mol. The van der Waals surface area contributed by atoms with Gasteiger partial charge < -0.3 is 14.8 Å². The van der Waals surface area contributed by atoms with Gasteiger partial charge in [0, 0.05) is 13.0 Å². The topological polar surface area (TPSA) is 38.3 Å². The molecule has 82 valence electrons. The van der Waals surface area contributed by atoms with Crippen molar-refractivity contribution in [2.45, 2.75) is 25.5 Å². The van der Waals surface area contributed by atoms with E-state index in [2.05, 4.69) is 11.9 Å². The van der Waals surface area contributed by atoms with Crippen LogP contribution < -0.4 is 5.32 Å². The number of allylic oxidation sites excluding steroid dienone is 4. The summed E-state index contributed by atoms with van der Waals surface area (Å²) in [4.78, 5) is 10.5. The smallest absolute Gasteiger partial charge is 0.137 e. The summed E-state index contributed by atoms with van der Waals surface area (Å²) in [6.07, 6.45) is 9.08. The molecule has 0 aromatic carbocycles. The molecule has 1 N–H and O–H groups in total. The highest BCUT2D eigenvalue weighted by atomic mass is 16.5. The Morgan fingerprint density at radius 3 is 2.93 bits per heavy atom. The number of carbonyl (C=O) groups is 1. The highest BCUT2D eigenvalue weighted by molar-refractivity contribution is 5.58. The Balaban J connectivity index is 2.46. The fourth-order valence-corrected chi connectivity index (χ4v) is 1.47. The Kier molecular flexibility index (Phi) is 4.84. The summed E-state index contributed by atoms with van der Waals surface area (Å²) in [6, 6.07) is -0.0669. The lowest BCUT2D eigenvalue weighted by atomic mass is 10.2. The lowest BCUT2D eigenvalue weighted by molar-refractivity contribution is -0.109. The number of rotatable bonds is 5. The van der Waals surface area contributed by atoms with Gasteiger partial charge >= 0.3 is 0 Å². The maximum atomic E-state index is 10.5. The maximum Gasteiger partial charge on any atom is 0.137 e. The second-order valence-electron chi connectivity index (χ2n) is 3.43. The third kappa shape index (κ3) is 3.72. The summed E-state index contributed by atoms with van der Waals surface area (Å²) >= 11 is 0. The Morgan fingerprint density at radius 1 is 1.60 bits per heavy atom. The molecule has 0 saturated carbocycles. The van der Waals surface area contributed by atoms with Crippen LogP contribution in [0.2, 0.25) is 0 Å². The Hall–Kier alpha value is -1.35. The van der Waals surface area contributed by atoms with Crippen LogP contribution in [0, 0.1) is 0 Å². The van der Waals surface area contributed by atoms with Crippen molar-refractivity contribution < 1.29 is 9.53 Å². The first-order valence-electron chi connectivity index (χ1n) is 5.11. The molecular formula is C12H17NO2. The summed E-state index contributed by atoms with van der Waals surface area (Å²) in [5.74, 6) is 0.742. The van der Waals surface area contributed by atoms with Crippen LogP contribution in [0.15, 0.2) is 36.6 Å². The molecule has 1 rings (SSSR count). The molecule has 0 aromatic rings. The van der Waals surface area contributed by atoms with Gasteiger partial charge in [0.05, 0.1) is 6.04 Å². The van der Waals surface area contributed by atoms with E-state index < -0.39 is 0 Å². The lowest BCUT2D eigenvalue weighted by Crippen LogP contribution is -2.22. The molecule has 3 nitrogen and oxygen atoms in total. The van der Waals surface area contributed by atoms with E-state index in [1.54, 1.807) is 6.08 Å². The van der Waals surface area contributed by atoms with E-state index in [0.29, 0.717) is 6.54 Å². The van der Waals surface area contributed by atoms with E-state index in [-0.39, 0.29) is 12.1 Å². The number of ether oxygens (including phenoxy) is 1. The van der Waals surface area contributed by atoms with Gasteiger partial charge in [0.25, 0.3) is 0 Å². The van der Waals surface area contributed by atoms with Crippen molar-refractivity contribution in [1.82, 2.24) is 5.32 Å². The van der Waals surface area contributed by atoms with Crippen LogP contribution in [0.1, 0.15) is 13.3 Å². The molecule has 0 radical (unpaired) electrons. The summed E-state index contributed by atoms with van der Waals surface area (Å²) in [7, 11) is 0. The van der Waals surface area contributed by atoms with Crippen LogP contribution in [-0.4, -0.2) is 25.0 Å². The van der Waals surface area contributed by atoms with Crippen LogP contribution in [0.5, 0.6) is 0 Å². The zero-order valence-electron chi connectivity index (χ0n) is 8.98. The standard InChI is InChI=1S/C12H17NO2/c1-3-5-6-11(4-2)15-12-7-10(9-14)13-8-12/h3-6,9-10,12-13H,2,7-8H2,1H3/b5-3-,11-6+/t10-,12-/m0/s1. The van der Waals surface area contributed by atoms with Crippen molar-refractivity contribution in [3.05, 3.63) is 36.6 Å². The second kappa shape index (κ2) is 6.19. The van der Waals surface area contributed by atoms with E-state index >= 15 is 0 Å². The third-order valence-electron chi connectivity index (χ3n) is 2.25. The van der Waals surface area contributed by atoms with Crippen molar-refractivity contribution in [3.8, 4) is 0 Å². The predicted molar refractivity (Wildman–Crippen MR) is 60.4 cm³/mol. The minimum atomic E-state index is -0.0669. The van der Waals surface area contributed by atoms with E-state index in [1.807, 2.05) is 25.2 Å². The van der Waals surface area contributed by atoms with Gasteiger partial charge in [0.15, 0.2) is 0 Å². The Bertz CT molecular complexity index is 281. The van der Waals surface area contributed by atoms with Gasteiger partial charge in [0.2, 0.25) is 0 Å². The number of carbonyl (C=O) groups excluding carboxylic acids is 1. The van der Waals surface area contributed by atoms with E-state index in [0.717, 1.165) is 18.5 Å². The fourth-order valence-electron chi connectivity index (χ4n) is 1.47. The molecule has 0 spiro atoms. The van der Waals surface area contributed by atoms with Crippen LogP contribution in [0.3, 0.4) is 0 Å². The van der Waals surface area contributed by atoms with Gasteiger partial charge in [-0.2, -0.15) is 0 Å². The average Bonchev–Trinajstić information content (AvgIpc) is 2.71. The highest BCUT2D eigenvalue weighted by Gasteiger charge is 2.24. The Labute approximate surface area is 90.5 Å². The number of hydrogen-bond acceptors (Lipinski definition) is 3. The molecule has 2 atom stereocenters. The SMILES string of the molecule is C=C/C(=C\C=C/C)O[C@@H]1CN[C@H](C=O)C1. The number of hydrogen-bond donors (Lipinski definition) is 1. The molecule has 0 aliphatic carbocycles. The molecule has 0 amide bonds. The van der Waals surface area contributed by atoms with Gasteiger partial charge in [-0.1, -0.05) is 18.7 Å². The Morgan fingerprint density at radius 2 is 2.40 bits per heavy atom. The van der Waals surface area contributed by atoms with Gasteiger partial charge in [-0.3, -0.25) is 0 Å². The third-order valence-corrected chi connectivity index (χ3v) is 2.25. The molecule has 1 saturated heterocycles. The predicted octanol–water partition coefficient (Wildman–Crippen LogP) is 1.58. The summed E-state index contributed by atoms with van der Waals surface area (Å²) < 4.78 is 5.67.